The van der Waals surface area contributed by atoms with Crippen LogP contribution in [0.15, 0.2) is 41.8 Å². The molecule has 1 aromatic carbocycles. The smallest absolute Gasteiger partial charge is 0.242 e. The van der Waals surface area contributed by atoms with Crippen LogP contribution in [0.5, 0.6) is 0 Å². The van der Waals surface area contributed by atoms with E-state index < -0.39 is 5.41 Å². The van der Waals surface area contributed by atoms with Gasteiger partial charge in [0.15, 0.2) is 0 Å². The molecule has 0 unspecified atom stereocenters. The summed E-state index contributed by atoms with van der Waals surface area (Å²) in [6.07, 6.45) is 1.72. The largest absolute Gasteiger partial charge is 0.333 e. The third kappa shape index (κ3) is 4.30. The molecule has 0 bridgehead atoms. The summed E-state index contributed by atoms with van der Waals surface area (Å²) in [5, 5.41) is 2.11. The highest BCUT2D eigenvalue weighted by molar-refractivity contribution is 7.10. The van der Waals surface area contributed by atoms with Crippen LogP contribution in [0.3, 0.4) is 0 Å². The number of hydrogen-bond acceptors (Lipinski definition) is 3. The summed E-state index contributed by atoms with van der Waals surface area (Å²) < 4.78 is 0. The van der Waals surface area contributed by atoms with Gasteiger partial charge in [0.2, 0.25) is 11.8 Å². The van der Waals surface area contributed by atoms with E-state index in [-0.39, 0.29) is 24.4 Å². The van der Waals surface area contributed by atoms with Crippen molar-refractivity contribution in [2.75, 3.05) is 19.6 Å². The van der Waals surface area contributed by atoms with E-state index in [0.29, 0.717) is 13.1 Å². The molecule has 2 aromatic rings. The van der Waals surface area contributed by atoms with Gasteiger partial charge < -0.3 is 9.80 Å². The number of carbonyl (C=O) groups excluding carboxylic acids is 2. The van der Waals surface area contributed by atoms with E-state index in [1.807, 2.05) is 50.8 Å². The summed E-state index contributed by atoms with van der Waals surface area (Å²) in [6, 6.07) is 12.3. The Hall–Kier alpha value is -2.14. The minimum Gasteiger partial charge on any atom is -0.333 e. The van der Waals surface area contributed by atoms with Crippen molar-refractivity contribution in [1.29, 1.82) is 0 Å². The van der Waals surface area contributed by atoms with Crippen molar-refractivity contribution in [2.24, 2.45) is 5.41 Å². The SMILES string of the molecule is CCCN(CC(=O)N1CCc2sccc2[C@H]1c1ccccc1)C(=O)C(C)(C)C. The zero-order chi connectivity index (χ0) is 20.3. The fourth-order valence-electron chi connectivity index (χ4n) is 3.83. The summed E-state index contributed by atoms with van der Waals surface area (Å²) in [7, 11) is 0. The van der Waals surface area contributed by atoms with Gasteiger partial charge in [-0.2, -0.15) is 0 Å². The molecule has 0 spiro atoms. The average molecular weight is 399 g/mol. The Morgan fingerprint density at radius 3 is 2.54 bits per heavy atom. The molecule has 0 saturated carbocycles. The fraction of sp³-hybridized carbons (Fsp3) is 0.478. The Morgan fingerprint density at radius 1 is 1.18 bits per heavy atom. The molecule has 1 atom stereocenters. The Balaban J connectivity index is 1.88. The van der Waals surface area contributed by atoms with Crippen molar-refractivity contribution in [1.82, 2.24) is 9.80 Å². The summed E-state index contributed by atoms with van der Waals surface area (Å²) in [6.45, 7) is 9.21. The molecule has 1 aromatic heterocycles. The Labute approximate surface area is 172 Å². The average Bonchev–Trinajstić information content (AvgIpc) is 3.15. The number of nitrogens with zero attached hydrogens (tertiary/aromatic N) is 2. The molecule has 5 heteroatoms. The molecule has 0 fully saturated rings. The molecule has 2 heterocycles. The molecule has 28 heavy (non-hydrogen) atoms. The number of rotatable bonds is 5. The van der Waals surface area contributed by atoms with Crippen LogP contribution in [0.2, 0.25) is 0 Å². The number of carbonyl (C=O) groups is 2. The van der Waals surface area contributed by atoms with Crippen LogP contribution in [-0.2, 0) is 16.0 Å². The molecule has 0 radical (unpaired) electrons. The minimum absolute atomic E-state index is 0.0248. The maximum Gasteiger partial charge on any atom is 0.242 e. The third-order valence-electron chi connectivity index (χ3n) is 5.15. The number of fused-ring (bicyclic) bond motifs is 1. The predicted octanol–water partition coefficient (Wildman–Crippen LogP) is 4.51. The first-order valence-corrected chi connectivity index (χ1v) is 10.9. The van der Waals surface area contributed by atoms with Crippen LogP contribution in [0.25, 0.3) is 0 Å². The van der Waals surface area contributed by atoms with Gasteiger partial charge in [0.1, 0.15) is 0 Å². The third-order valence-corrected chi connectivity index (χ3v) is 6.15. The molecule has 4 nitrogen and oxygen atoms in total. The lowest BCUT2D eigenvalue weighted by Gasteiger charge is -2.38. The Bertz CT molecular complexity index is 823. The van der Waals surface area contributed by atoms with Crippen molar-refractivity contribution in [3.05, 3.63) is 57.8 Å². The summed E-state index contributed by atoms with van der Waals surface area (Å²) in [4.78, 5) is 31.3. The van der Waals surface area contributed by atoms with E-state index in [1.165, 1.54) is 10.4 Å². The number of benzene rings is 1. The lowest BCUT2D eigenvalue weighted by molar-refractivity contribution is -0.146. The van der Waals surface area contributed by atoms with Crippen molar-refractivity contribution in [3.63, 3.8) is 0 Å². The first-order valence-electron chi connectivity index (χ1n) is 10.0. The lowest BCUT2D eigenvalue weighted by atomic mass is 9.92. The molecule has 3 rings (SSSR count). The summed E-state index contributed by atoms with van der Waals surface area (Å²) in [5.41, 5.74) is 1.86. The second-order valence-electron chi connectivity index (χ2n) is 8.43. The molecule has 0 aliphatic carbocycles. The van der Waals surface area contributed by atoms with Gasteiger partial charge in [-0.1, -0.05) is 58.0 Å². The van der Waals surface area contributed by atoms with Gasteiger partial charge in [-0.15, -0.1) is 11.3 Å². The monoisotopic (exact) mass is 398 g/mol. The van der Waals surface area contributed by atoms with Crippen LogP contribution < -0.4 is 0 Å². The highest BCUT2D eigenvalue weighted by Gasteiger charge is 2.35. The van der Waals surface area contributed by atoms with Crippen LogP contribution in [-0.4, -0.2) is 41.2 Å². The van der Waals surface area contributed by atoms with E-state index in [2.05, 4.69) is 23.6 Å². The van der Waals surface area contributed by atoms with Gasteiger partial charge in [-0.25, -0.2) is 0 Å². The normalized spacial score (nSPS) is 16.6. The molecule has 2 amide bonds. The van der Waals surface area contributed by atoms with E-state index >= 15 is 0 Å². The molecular weight excluding hydrogens is 368 g/mol. The van der Waals surface area contributed by atoms with E-state index in [4.69, 9.17) is 0 Å². The van der Waals surface area contributed by atoms with E-state index in [0.717, 1.165) is 18.4 Å². The van der Waals surface area contributed by atoms with Gasteiger partial charge in [-0.05, 0) is 35.4 Å². The van der Waals surface area contributed by atoms with Gasteiger partial charge in [0, 0.05) is 23.4 Å². The highest BCUT2D eigenvalue weighted by atomic mass is 32.1. The van der Waals surface area contributed by atoms with Crippen LogP contribution in [0.4, 0.5) is 0 Å². The molecule has 0 N–H and O–H groups in total. The first-order chi connectivity index (χ1) is 13.3. The topological polar surface area (TPSA) is 40.6 Å². The quantitative estimate of drug-likeness (QED) is 0.744. The number of amides is 2. The summed E-state index contributed by atoms with van der Waals surface area (Å²) in [5.74, 6) is 0.0592. The zero-order valence-electron chi connectivity index (χ0n) is 17.3. The zero-order valence-corrected chi connectivity index (χ0v) is 18.1. The Kier molecular flexibility index (Phi) is 6.23. The Morgan fingerprint density at radius 2 is 1.89 bits per heavy atom. The van der Waals surface area contributed by atoms with Gasteiger partial charge in [0.25, 0.3) is 0 Å². The molecular formula is C23H30N2O2S. The highest BCUT2D eigenvalue weighted by Crippen LogP contribution is 2.37. The van der Waals surface area contributed by atoms with E-state index in [1.54, 1.807) is 16.2 Å². The fourth-order valence-corrected chi connectivity index (χ4v) is 4.73. The second-order valence-corrected chi connectivity index (χ2v) is 9.43. The number of hydrogen-bond donors (Lipinski definition) is 0. The van der Waals surface area contributed by atoms with Gasteiger partial charge >= 0.3 is 0 Å². The maximum atomic E-state index is 13.4. The molecule has 1 aliphatic rings. The molecule has 0 saturated heterocycles. The van der Waals surface area contributed by atoms with E-state index in [9.17, 15) is 9.59 Å². The standard InChI is InChI=1S/C23H30N2O2S/c1-5-13-24(22(27)23(2,3)4)16-20(26)25-14-11-19-18(12-15-28-19)21(25)17-9-7-6-8-10-17/h6-10,12,15,21H,5,11,13-14,16H2,1-4H3/t21-/m1/s1. The van der Waals surface area contributed by atoms with Crippen LogP contribution >= 0.6 is 11.3 Å². The lowest BCUT2D eigenvalue weighted by Crippen LogP contribution is -2.49. The van der Waals surface area contributed by atoms with Crippen molar-refractivity contribution in [3.8, 4) is 0 Å². The van der Waals surface area contributed by atoms with Crippen molar-refractivity contribution < 1.29 is 9.59 Å². The van der Waals surface area contributed by atoms with Crippen molar-refractivity contribution in [2.45, 2.75) is 46.6 Å². The van der Waals surface area contributed by atoms with Crippen molar-refractivity contribution >= 4 is 23.2 Å². The molecule has 150 valence electrons. The summed E-state index contributed by atoms with van der Waals surface area (Å²) >= 11 is 1.77. The molecule has 1 aliphatic heterocycles. The van der Waals surface area contributed by atoms with Gasteiger partial charge in [0.05, 0.1) is 12.6 Å². The maximum absolute atomic E-state index is 13.4. The van der Waals surface area contributed by atoms with Crippen LogP contribution in [0, 0.1) is 5.41 Å². The second kappa shape index (κ2) is 8.48. The number of thiophene rings is 1. The van der Waals surface area contributed by atoms with Crippen LogP contribution in [0.1, 0.15) is 56.2 Å². The van der Waals surface area contributed by atoms with Gasteiger partial charge in [-0.3, -0.25) is 9.59 Å². The minimum atomic E-state index is -0.489. The predicted molar refractivity (Wildman–Crippen MR) is 114 cm³/mol. The first kappa shape index (κ1) is 20.6.